The van der Waals surface area contributed by atoms with Crippen LogP contribution in [-0.2, 0) is 9.53 Å². The molecule has 2 nitrogen and oxygen atoms in total. The molecule has 0 saturated heterocycles. The number of rotatable bonds is 22. The van der Waals surface area contributed by atoms with Crippen molar-refractivity contribution in [2.45, 2.75) is 156 Å². The van der Waals surface area contributed by atoms with Crippen LogP contribution in [0, 0.1) is 5.41 Å². The molecule has 0 fully saturated rings. The van der Waals surface area contributed by atoms with Crippen LogP contribution in [0.5, 0.6) is 0 Å². The summed E-state index contributed by atoms with van der Waals surface area (Å²) in [5.74, 6) is 0.0252. The lowest BCUT2D eigenvalue weighted by atomic mass is 9.80. The highest BCUT2D eigenvalue weighted by Gasteiger charge is 2.25. The number of ether oxygens (including phenoxy) is 1. The standard InChI is InChI=1S/C27H54O2/c1-5-8-11-13-14-15-16-17-18-19-20-22-26(28)29-25-27(4,23-10-7-3)24-21-12-9-6-2/h5-25H2,1-4H3. The Hall–Kier alpha value is -0.530. The summed E-state index contributed by atoms with van der Waals surface area (Å²) in [5.41, 5.74) is 0.177. The van der Waals surface area contributed by atoms with E-state index in [4.69, 9.17) is 4.74 Å². The first kappa shape index (κ1) is 28.5. The van der Waals surface area contributed by atoms with Crippen LogP contribution in [0.15, 0.2) is 0 Å². The van der Waals surface area contributed by atoms with Gasteiger partial charge in [-0.3, -0.25) is 4.79 Å². The van der Waals surface area contributed by atoms with Gasteiger partial charge in [-0.2, -0.15) is 0 Å². The quantitative estimate of drug-likeness (QED) is 0.131. The van der Waals surface area contributed by atoms with E-state index >= 15 is 0 Å². The van der Waals surface area contributed by atoms with Gasteiger partial charge < -0.3 is 4.74 Å². The molecule has 0 spiro atoms. The van der Waals surface area contributed by atoms with Gasteiger partial charge in [0.25, 0.3) is 0 Å². The van der Waals surface area contributed by atoms with Crippen LogP contribution in [0.25, 0.3) is 0 Å². The van der Waals surface area contributed by atoms with E-state index in [1.54, 1.807) is 0 Å². The maximum atomic E-state index is 12.2. The van der Waals surface area contributed by atoms with Crippen molar-refractivity contribution in [2.75, 3.05) is 6.61 Å². The zero-order valence-electron chi connectivity index (χ0n) is 20.7. The predicted molar refractivity (Wildman–Crippen MR) is 128 cm³/mol. The average molecular weight is 411 g/mol. The molecule has 0 aliphatic carbocycles. The molecule has 0 bridgehead atoms. The van der Waals surface area contributed by atoms with E-state index in [1.807, 2.05) is 0 Å². The van der Waals surface area contributed by atoms with Crippen LogP contribution in [0.4, 0.5) is 0 Å². The Morgan fingerprint density at radius 1 is 0.586 bits per heavy atom. The molecule has 29 heavy (non-hydrogen) atoms. The summed E-state index contributed by atoms with van der Waals surface area (Å²) in [5, 5.41) is 0. The van der Waals surface area contributed by atoms with Crippen LogP contribution < -0.4 is 0 Å². The van der Waals surface area contributed by atoms with Gasteiger partial charge in [-0.1, -0.05) is 130 Å². The van der Waals surface area contributed by atoms with Crippen LogP contribution in [0.1, 0.15) is 156 Å². The summed E-state index contributed by atoms with van der Waals surface area (Å²) in [6, 6.07) is 0. The summed E-state index contributed by atoms with van der Waals surface area (Å²) in [7, 11) is 0. The first-order valence-electron chi connectivity index (χ1n) is 13.2. The van der Waals surface area contributed by atoms with Crippen LogP contribution in [-0.4, -0.2) is 12.6 Å². The Balaban J connectivity index is 3.76. The largest absolute Gasteiger partial charge is 0.465 e. The van der Waals surface area contributed by atoms with Crippen molar-refractivity contribution in [1.82, 2.24) is 0 Å². The van der Waals surface area contributed by atoms with Gasteiger partial charge >= 0.3 is 5.97 Å². The monoisotopic (exact) mass is 410 g/mol. The van der Waals surface area contributed by atoms with Gasteiger partial charge in [-0.05, 0) is 19.3 Å². The number of esters is 1. The second-order valence-corrected chi connectivity index (χ2v) is 9.67. The van der Waals surface area contributed by atoms with E-state index in [0.29, 0.717) is 13.0 Å². The summed E-state index contributed by atoms with van der Waals surface area (Å²) >= 11 is 0. The number of carbonyl (C=O) groups excluding carboxylic acids is 1. The van der Waals surface area contributed by atoms with Crippen molar-refractivity contribution in [3.63, 3.8) is 0 Å². The number of carbonyl (C=O) groups is 1. The van der Waals surface area contributed by atoms with Crippen molar-refractivity contribution in [2.24, 2.45) is 5.41 Å². The van der Waals surface area contributed by atoms with Crippen molar-refractivity contribution in [1.29, 1.82) is 0 Å². The minimum absolute atomic E-state index is 0.0252. The maximum absolute atomic E-state index is 12.2. The molecule has 0 rings (SSSR count). The molecule has 0 aromatic carbocycles. The smallest absolute Gasteiger partial charge is 0.305 e. The normalized spacial score (nSPS) is 13.4. The predicted octanol–water partition coefficient (Wildman–Crippen LogP) is 9.40. The summed E-state index contributed by atoms with van der Waals surface area (Å²) in [6.07, 6.45) is 25.1. The first-order chi connectivity index (χ1) is 14.1. The van der Waals surface area contributed by atoms with Crippen molar-refractivity contribution in [3.05, 3.63) is 0 Å². The summed E-state index contributed by atoms with van der Waals surface area (Å²) in [4.78, 5) is 12.2. The van der Waals surface area contributed by atoms with Gasteiger partial charge in [-0.25, -0.2) is 0 Å². The molecular formula is C27H54O2. The highest BCUT2D eigenvalue weighted by molar-refractivity contribution is 5.69. The van der Waals surface area contributed by atoms with E-state index in [-0.39, 0.29) is 11.4 Å². The van der Waals surface area contributed by atoms with Crippen LogP contribution in [0.3, 0.4) is 0 Å². The Bertz CT molecular complexity index is 352. The summed E-state index contributed by atoms with van der Waals surface area (Å²) in [6.45, 7) is 9.72. The molecule has 0 aromatic rings. The lowest BCUT2D eigenvalue weighted by Gasteiger charge is -2.29. The third-order valence-electron chi connectivity index (χ3n) is 6.33. The molecule has 0 amide bonds. The molecule has 0 heterocycles. The molecule has 0 aliphatic rings. The van der Waals surface area contributed by atoms with E-state index in [0.717, 1.165) is 6.42 Å². The molecular weight excluding hydrogens is 356 g/mol. The Morgan fingerprint density at radius 3 is 1.52 bits per heavy atom. The van der Waals surface area contributed by atoms with Crippen molar-refractivity contribution < 1.29 is 9.53 Å². The number of hydrogen-bond donors (Lipinski definition) is 0. The minimum atomic E-state index is 0.0252. The molecule has 0 N–H and O–H groups in total. The molecule has 0 aromatic heterocycles. The van der Waals surface area contributed by atoms with Crippen LogP contribution >= 0.6 is 0 Å². The maximum Gasteiger partial charge on any atom is 0.305 e. The fourth-order valence-corrected chi connectivity index (χ4v) is 4.11. The zero-order chi connectivity index (χ0) is 21.6. The zero-order valence-corrected chi connectivity index (χ0v) is 20.7. The SMILES string of the molecule is CCCCCCCCCCCCCC(=O)OCC(C)(CCCC)CCCCCC. The molecule has 2 heteroatoms. The van der Waals surface area contributed by atoms with Crippen LogP contribution in [0.2, 0.25) is 0 Å². The molecule has 0 saturated carbocycles. The number of unbranched alkanes of at least 4 members (excludes halogenated alkanes) is 14. The molecule has 1 unspecified atom stereocenters. The summed E-state index contributed by atoms with van der Waals surface area (Å²) < 4.78 is 5.71. The van der Waals surface area contributed by atoms with Gasteiger partial charge in [0.15, 0.2) is 0 Å². The third-order valence-corrected chi connectivity index (χ3v) is 6.33. The lowest BCUT2D eigenvalue weighted by Crippen LogP contribution is -2.25. The fourth-order valence-electron chi connectivity index (χ4n) is 4.11. The van der Waals surface area contributed by atoms with Gasteiger partial charge in [-0.15, -0.1) is 0 Å². The highest BCUT2D eigenvalue weighted by Crippen LogP contribution is 2.31. The molecule has 0 aliphatic heterocycles. The first-order valence-corrected chi connectivity index (χ1v) is 13.2. The second-order valence-electron chi connectivity index (χ2n) is 9.67. The molecule has 174 valence electrons. The van der Waals surface area contributed by atoms with Gasteiger partial charge in [0.1, 0.15) is 0 Å². The lowest BCUT2D eigenvalue weighted by molar-refractivity contribution is -0.147. The Labute approximate surface area is 184 Å². The average Bonchev–Trinajstić information content (AvgIpc) is 2.72. The van der Waals surface area contributed by atoms with E-state index in [2.05, 4.69) is 27.7 Å². The van der Waals surface area contributed by atoms with E-state index < -0.39 is 0 Å². The van der Waals surface area contributed by atoms with E-state index in [9.17, 15) is 4.79 Å². The van der Waals surface area contributed by atoms with Gasteiger partial charge in [0.05, 0.1) is 6.61 Å². The highest BCUT2D eigenvalue weighted by atomic mass is 16.5. The molecule has 1 atom stereocenters. The molecule has 0 radical (unpaired) electrons. The van der Waals surface area contributed by atoms with Gasteiger partial charge in [0.2, 0.25) is 0 Å². The topological polar surface area (TPSA) is 26.3 Å². The Kier molecular flexibility index (Phi) is 20.4. The third kappa shape index (κ3) is 19.2. The Morgan fingerprint density at radius 2 is 1.00 bits per heavy atom. The van der Waals surface area contributed by atoms with Crippen molar-refractivity contribution in [3.8, 4) is 0 Å². The fraction of sp³-hybridized carbons (Fsp3) is 0.963. The van der Waals surface area contributed by atoms with Crippen molar-refractivity contribution >= 4 is 5.97 Å². The second kappa shape index (κ2) is 20.7. The number of hydrogen-bond acceptors (Lipinski definition) is 2. The minimum Gasteiger partial charge on any atom is -0.465 e. The van der Waals surface area contributed by atoms with Gasteiger partial charge in [0, 0.05) is 11.8 Å². The van der Waals surface area contributed by atoms with E-state index in [1.165, 1.54) is 116 Å².